The molecule has 0 radical (unpaired) electrons. The Labute approximate surface area is 87.3 Å². The maximum atomic E-state index is 11.4. The van der Waals surface area contributed by atoms with Gasteiger partial charge in [-0.25, -0.2) is 9.59 Å². The number of nitriles is 1. The third-order valence-corrected chi connectivity index (χ3v) is 2.20. The molecule has 5 heteroatoms. The molecule has 0 amide bonds. The fourth-order valence-corrected chi connectivity index (χ4v) is 1.41. The van der Waals surface area contributed by atoms with Crippen LogP contribution in [0.25, 0.3) is 0 Å². The number of cyclic esters (lactones) is 1. The van der Waals surface area contributed by atoms with Gasteiger partial charge in [-0.1, -0.05) is 13.8 Å². The number of ether oxygens (including phenoxy) is 2. The van der Waals surface area contributed by atoms with E-state index in [0.717, 1.165) is 7.11 Å². The number of rotatable bonds is 1. The maximum absolute atomic E-state index is 11.4. The van der Waals surface area contributed by atoms with E-state index in [-0.39, 0.29) is 17.8 Å². The summed E-state index contributed by atoms with van der Waals surface area (Å²) in [6.45, 7) is 3.63. The first-order valence-corrected chi connectivity index (χ1v) is 4.34. The van der Waals surface area contributed by atoms with Gasteiger partial charge in [0.1, 0.15) is 18.2 Å². The van der Waals surface area contributed by atoms with Crippen molar-refractivity contribution in [3.8, 4) is 6.07 Å². The Balaban J connectivity index is 3.32. The summed E-state index contributed by atoms with van der Waals surface area (Å²) in [5, 5.41) is 8.82. The van der Waals surface area contributed by atoms with Crippen molar-refractivity contribution in [1.29, 1.82) is 5.26 Å². The Morgan fingerprint density at radius 3 is 2.53 bits per heavy atom. The molecule has 80 valence electrons. The minimum absolute atomic E-state index is 0.0943. The largest absolute Gasteiger partial charge is 0.465 e. The second-order valence-electron chi connectivity index (χ2n) is 3.81. The summed E-state index contributed by atoms with van der Waals surface area (Å²) >= 11 is 0. The van der Waals surface area contributed by atoms with Crippen LogP contribution < -0.4 is 0 Å². The Bertz CT molecular complexity index is 387. The average molecular weight is 209 g/mol. The van der Waals surface area contributed by atoms with Crippen LogP contribution in [0.5, 0.6) is 0 Å². The Kier molecular flexibility index (Phi) is 2.80. The normalized spacial score (nSPS) is 21.6. The van der Waals surface area contributed by atoms with E-state index in [9.17, 15) is 9.59 Å². The molecule has 0 aromatic heterocycles. The molecule has 0 aromatic rings. The molecule has 0 atom stereocenters. The van der Waals surface area contributed by atoms with E-state index < -0.39 is 17.4 Å². The van der Waals surface area contributed by atoms with Crippen LogP contribution in [-0.4, -0.2) is 25.7 Å². The minimum atomic E-state index is -0.806. The lowest BCUT2D eigenvalue weighted by molar-refractivity contribution is -0.138. The molecule has 0 spiro atoms. The molecule has 0 bridgehead atoms. The molecule has 1 fully saturated rings. The predicted octanol–water partition coefficient (Wildman–Crippen LogP) is 0.563. The zero-order valence-electron chi connectivity index (χ0n) is 8.79. The van der Waals surface area contributed by atoms with Crippen molar-refractivity contribution in [1.82, 2.24) is 0 Å². The molecule has 15 heavy (non-hydrogen) atoms. The molecule has 1 aliphatic rings. The fraction of sp³-hybridized carbons (Fsp3) is 0.500. The van der Waals surface area contributed by atoms with Gasteiger partial charge in [-0.15, -0.1) is 0 Å². The van der Waals surface area contributed by atoms with Gasteiger partial charge in [0, 0.05) is 5.41 Å². The average Bonchev–Trinajstić information content (AvgIpc) is 2.45. The van der Waals surface area contributed by atoms with Crippen LogP contribution >= 0.6 is 0 Å². The van der Waals surface area contributed by atoms with E-state index >= 15 is 0 Å². The number of methoxy groups -OCH3 is 1. The van der Waals surface area contributed by atoms with Crippen molar-refractivity contribution in [2.75, 3.05) is 13.7 Å². The van der Waals surface area contributed by atoms with Crippen LogP contribution in [0.1, 0.15) is 13.8 Å². The third kappa shape index (κ3) is 1.84. The number of nitrogens with zero attached hydrogens (tertiary/aromatic N) is 1. The van der Waals surface area contributed by atoms with E-state index in [1.165, 1.54) is 0 Å². The van der Waals surface area contributed by atoms with E-state index in [2.05, 4.69) is 4.74 Å². The number of hydrogen-bond donors (Lipinski definition) is 0. The summed E-state index contributed by atoms with van der Waals surface area (Å²) < 4.78 is 9.23. The molecule has 5 nitrogen and oxygen atoms in total. The number of hydrogen-bond acceptors (Lipinski definition) is 5. The first-order valence-electron chi connectivity index (χ1n) is 4.34. The topological polar surface area (TPSA) is 76.4 Å². The first kappa shape index (κ1) is 11.2. The van der Waals surface area contributed by atoms with Gasteiger partial charge in [-0.05, 0) is 0 Å². The summed E-state index contributed by atoms with van der Waals surface area (Å²) in [6.07, 6.45) is 0. The van der Waals surface area contributed by atoms with Crippen molar-refractivity contribution >= 4 is 11.9 Å². The molecule has 1 rings (SSSR count). The van der Waals surface area contributed by atoms with Gasteiger partial charge >= 0.3 is 11.9 Å². The van der Waals surface area contributed by atoms with Gasteiger partial charge in [0.2, 0.25) is 0 Å². The van der Waals surface area contributed by atoms with E-state index in [0.29, 0.717) is 0 Å². The molecule has 1 heterocycles. The summed E-state index contributed by atoms with van der Waals surface area (Å²) in [5.74, 6) is -1.43. The van der Waals surface area contributed by atoms with Crippen molar-refractivity contribution in [3.05, 3.63) is 11.1 Å². The molecule has 1 saturated heterocycles. The van der Waals surface area contributed by atoms with Crippen LogP contribution in [0, 0.1) is 16.7 Å². The molecule has 0 saturated carbocycles. The summed E-state index contributed by atoms with van der Waals surface area (Å²) in [7, 11) is 1.16. The Morgan fingerprint density at radius 1 is 1.60 bits per heavy atom. The van der Waals surface area contributed by atoms with Crippen LogP contribution in [0.15, 0.2) is 11.1 Å². The lowest BCUT2D eigenvalue weighted by Gasteiger charge is -2.14. The molecular weight excluding hydrogens is 198 g/mol. The van der Waals surface area contributed by atoms with Crippen molar-refractivity contribution in [3.63, 3.8) is 0 Å². The van der Waals surface area contributed by atoms with Crippen molar-refractivity contribution in [2.45, 2.75) is 13.8 Å². The molecule has 0 unspecified atom stereocenters. The van der Waals surface area contributed by atoms with Crippen molar-refractivity contribution < 1.29 is 19.1 Å². The SMILES string of the molecule is COC(=O)C(C#N)=C1C(=O)OCC1(C)C. The van der Waals surface area contributed by atoms with E-state index in [1.807, 2.05) is 0 Å². The Morgan fingerprint density at radius 2 is 2.20 bits per heavy atom. The van der Waals surface area contributed by atoms with Crippen LogP contribution in [0.2, 0.25) is 0 Å². The van der Waals surface area contributed by atoms with Gasteiger partial charge in [0.15, 0.2) is 0 Å². The van der Waals surface area contributed by atoms with E-state index in [1.54, 1.807) is 19.9 Å². The van der Waals surface area contributed by atoms with Gasteiger partial charge < -0.3 is 9.47 Å². The summed E-state index contributed by atoms with van der Waals surface area (Å²) in [4.78, 5) is 22.6. The van der Waals surface area contributed by atoms with Crippen LogP contribution in [-0.2, 0) is 19.1 Å². The molecule has 0 N–H and O–H groups in total. The fourth-order valence-electron chi connectivity index (χ4n) is 1.41. The zero-order chi connectivity index (χ0) is 11.6. The summed E-state index contributed by atoms with van der Waals surface area (Å²) in [5.41, 5.74) is -0.807. The van der Waals surface area contributed by atoms with E-state index in [4.69, 9.17) is 10.00 Å². The highest BCUT2D eigenvalue weighted by Crippen LogP contribution is 2.36. The predicted molar refractivity (Wildman–Crippen MR) is 49.4 cm³/mol. The molecule has 1 aliphatic heterocycles. The standard InChI is InChI=1S/C10H11NO4/c1-10(2)5-15-9(13)7(10)6(4-11)8(12)14-3/h5H2,1-3H3. The highest BCUT2D eigenvalue weighted by atomic mass is 16.5. The molecule has 0 aliphatic carbocycles. The quantitative estimate of drug-likeness (QED) is 0.358. The second-order valence-corrected chi connectivity index (χ2v) is 3.81. The van der Waals surface area contributed by atoms with Gasteiger partial charge in [-0.3, -0.25) is 0 Å². The number of carbonyl (C=O) groups excluding carboxylic acids is 2. The minimum Gasteiger partial charge on any atom is -0.465 e. The maximum Gasteiger partial charge on any atom is 0.349 e. The number of carbonyl (C=O) groups is 2. The second kappa shape index (κ2) is 3.73. The lowest BCUT2D eigenvalue weighted by atomic mass is 9.84. The van der Waals surface area contributed by atoms with Gasteiger partial charge in [-0.2, -0.15) is 5.26 Å². The van der Waals surface area contributed by atoms with Gasteiger partial charge in [0.05, 0.1) is 12.7 Å². The first-order chi connectivity index (χ1) is 6.94. The van der Waals surface area contributed by atoms with Crippen LogP contribution in [0.4, 0.5) is 0 Å². The Hall–Kier alpha value is -1.83. The molecule has 0 aromatic carbocycles. The molecular formula is C10H11NO4. The van der Waals surface area contributed by atoms with Gasteiger partial charge in [0.25, 0.3) is 0 Å². The van der Waals surface area contributed by atoms with Crippen LogP contribution in [0.3, 0.4) is 0 Å². The third-order valence-electron chi connectivity index (χ3n) is 2.20. The highest BCUT2D eigenvalue weighted by molar-refractivity contribution is 6.05. The monoisotopic (exact) mass is 209 g/mol. The zero-order valence-corrected chi connectivity index (χ0v) is 8.79. The smallest absolute Gasteiger partial charge is 0.349 e. The number of esters is 2. The highest BCUT2D eigenvalue weighted by Gasteiger charge is 2.42. The summed E-state index contributed by atoms with van der Waals surface area (Å²) in [6, 6.07) is 1.68. The lowest BCUT2D eigenvalue weighted by Crippen LogP contribution is -2.19. The van der Waals surface area contributed by atoms with Crippen molar-refractivity contribution in [2.24, 2.45) is 5.41 Å².